The summed E-state index contributed by atoms with van der Waals surface area (Å²) < 4.78 is 13.9. The summed E-state index contributed by atoms with van der Waals surface area (Å²) >= 11 is 6.40. The molecule has 0 fully saturated rings. The van der Waals surface area contributed by atoms with Gasteiger partial charge in [0.1, 0.15) is 11.3 Å². The second-order valence-electron chi connectivity index (χ2n) is 6.35. The molecule has 3 aromatic rings. The summed E-state index contributed by atoms with van der Waals surface area (Å²) in [5.41, 5.74) is 1.83. The highest BCUT2D eigenvalue weighted by atomic mass is 35.5. The standard InChI is InChI=1S/C21H22ClFN4O/c1-3-27(4-2)19(15-7-5-6-8-17(15)22)13-26-21(28)16-11-14(23)12-18-20(16)25-10-9-24-18/h5-12,19H,3-4,13H2,1-2H3,(H,26,28). The Morgan fingerprint density at radius 1 is 1.18 bits per heavy atom. The highest BCUT2D eigenvalue weighted by molar-refractivity contribution is 6.31. The van der Waals surface area contributed by atoms with Crippen molar-refractivity contribution in [2.45, 2.75) is 19.9 Å². The van der Waals surface area contributed by atoms with Crippen LogP contribution >= 0.6 is 11.6 Å². The smallest absolute Gasteiger partial charge is 0.253 e. The summed E-state index contributed by atoms with van der Waals surface area (Å²) in [7, 11) is 0. The summed E-state index contributed by atoms with van der Waals surface area (Å²) in [6.45, 7) is 6.06. The first-order valence-electron chi connectivity index (χ1n) is 9.22. The zero-order chi connectivity index (χ0) is 20.1. The monoisotopic (exact) mass is 400 g/mol. The number of nitrogens with one attached hydrogen (secondary N) is 1. The number of hydrogen-bond donors (Lipinski definition) is 1. The SMILES string of the molecule is CCN(CC)C(CNC(=O)c1cc(F)cc2nccnc12)c1ccccc1Cl. The first-order valence-corrected chi connectivity index (χ1v) is 9.59. The van der Waals surface area contributed by atoms with Crippen molar-refractivity contribution in [3.8, 4) is 0 Å². The third-order valence-electron chi connectivity index (χ3n) is 4.76. The van der Waals surface area contributed by atoms with E-state index in [0.29, 0.717) is 22.6 Å². The van der Waals surface area contributed by atoms with Crippen molar-refractivity contribution < 1.29 is 9.18 Å². The van der Waals surface area contributed by atoms with Gasteiger partial charge in [-0.2, -0.15) is 0 Å². The van der Waals surface area contributed by atoms with E-state index in [1.165, 1.54) is 24.5 Å². The van der Waals surface area contributed by atoms with E-state index in [-0.39, 0.29) is 11.6 Å². The first kappa shape index (κ1) is 20.2. The fourth-order valence-corrected chi connectivity index (χ4v) is 3.61. The molecule has 0 bridgehead atoms. The van der Waals surface area contributed by atoms with Crippen LogP contribution in [-0.4, -0.2) is 40.4 Å². The molecule has 1 heterocycles. The van der Waals surface area contributed by atoms with Crippen LogP contribution in [0, 0.1) is 5.82 Å². The van der Waals surface area contributed by atoms with Crippen LogP contribution in [0.2, 0.25) is 5.02 Å². The van der Waals surface area contributed by atoms with Crippen molar-refractivity contribution in [1.82, 2.24) is 20.2 Å². The minimum absolute atomic E-state index is 0.0986. The molecule has 1 atom stereocenters. The van der Waals surface area contributed by atoms with Crippen LogP contribution in [0.15, 0.2) is 48.8 Å². The zero-order valence-electron chi connectivity index (χ0n) is 15.8. The average molecular weight is 401 g/mol. The Bertz CT molecular complexity index is 978. The number of amides is 1. The number of carbonyl (C=O) groups is 1. The van der Waals surface area contributed by atoms with E-state index < -0.39 is 11.7 Å². The Morgan fingerprint density at radius 3 is 2.61 bits per heavy atom. The van der Waals surface area contributed by atoms with Crippen LogP contribution in [0.4, 0.5) is 4.39 Å². The summed E-state index contributed by atoms with van der Waals surface area (Å²) in [5.74, 6) is -0.918. The van der Waals surface area contributed by atoms with E-state index >= 15 is 0 Å². The maximum Gasteiger partial charge on any atom is 0.253 e. The van der Waals surface area contributed by atoms with Crippen LogP contribution in [0.1, 0.15) is 35.8 Å². The summed E-state index contributed by atoms with van der Waals surface area (Å²) in [6.07, 6.45) is 2.96. The van der Waals surface area contributed by atoms with Gasteiger partial charge in [-0.05, 0) is 30.8 Å². The molecule has 146 valence electrons. The molecule has 0 saturated heterocycles. The molecule has 1 N–H and O–H groups in total. The molecule has 28 heavy (non-hydrogen) atoms. The van der Waals surface area contributed by atoms with Crippen LogP contribution in [0.25, 0.3) is 11.0 Å². The Hall–Kier alpha value is -2.57. The molecule has 3 rings (SSSR count). The van der Waals surface area contributed by atoms with Crippen LogP contribution < -0.4 is 5.32 Å². The molecule has 0 saturated carbocycles. The van der Waals surface area contributed by atoms with Gasteiger partial charge < -0.3 is 5.32 Å². The van der Waals surface area contributed by atoms with Gasteiger partial charge in [-0.3, -0.25) is 19.7 Å². The minimum atomic E-state index is -0.524. The Morgan fingerprint density at radius 2 is 1.89 bits per heavy atom. The second-order valence-corrected chi connectivity index (χ2v) is 6.75. The second kappa shape index (κ2) is 9.08. The third-order valence-corrected chi connectivity index (χ3v) is 5.10. The van der Waals surface area contributed by atoms with Gasteiger partial charge in [-0.15, -0.1) is 0 Å². The molecule has 0 aliphatic carbocycles. The molecule has 0 aliphatic rings. The average Bonchev–Trinajstić information content (AvgIpc) is 2.71. The molecule has 5 nitrogen and oxygen atoms in total. The Labute approximate surface area is 168 Å². The Kier molecular flexibility index (Phi) is 6.54. The third kappa shape index (κ3) is 4.29. The van der Waals surface area contributed by atoms with Gasteiger partial charge in [0.05, 0.1) is 17.1 Å². The van der Waals surface area contributed by atoms with Gasteiger partial charge in [0.2, 0.25) is 0 Å². The largest absolute Gasteiger partial charge is 0.350 e. The first-order chi connectivity index (χ1) is 13.5. The predicted octanol–water partition coefficient (Wildman–Crippen LogP) is 4.24. The molecule has 1 aromatic heterocycles. The number of benzene rings is 2. The van der Waals surface area contributed by atoms with Crippen LogP contribution in [-0.2, 0) is 0 Å². The molecule has 1 unspecified atom stereocenters. The lowest BCUT2D eigenvalue weighted by molar-refractivity contribution is 0.0936. The highest BCUT2D eigenvalue weighted by Crippen LogP contribution is 2.27. The van der Waals surface area contributed by atoms with Crippen molar-refractivity contribution in [3.63, 3.8) is 0 Å². The topological polar surface area (TPSA) is 58.1 Å². The van der Waals surface area contributed by atoms with Crippen LogP contribution in [0.5, 0.6) is 0 Å². The summed E-state index contributed by atoms with van der Waals surface area (Å²) in [6, 6.07) is 9.95. The van der Waals surface area contributed by atoms with Crippen molar-refractivity contribution in [3.05, 3.63) is 70.8 Å². The number of nitrogens with zero attached hydrogens (tertiary/aromatic N) is 3. The number of carbonyl (C=O) groups excluding carboxylic acids is 1. The lowest BCUT2D eigenvalue weighted by Gasteiger charge is -2.31. The van der Waals surface area contributed by atoms with Crippen molar-refractivity contribution in [2.75, 3.05) is 19.6 Å². The lowest BCUT2D eigenvalue weighted by Crippen LogP contribution is -2.38. The fraction of sp³-hybridized carbons (Fsp3) is 0.286. The number of likely N-dealkylation sites (N-methyl/N-ethyl adjacent to an activating group) is 1. The van der Waals surface area contributed by atoms with E-state index in [0.717, 1.165) is 18.7 Å². The van der Waals surface area contributed by atoms with Crippen molar-refractivity contribution >= 4 is 28.5 Å². The van der Waals surface area contributed by atoms with Crippen LogP contribution in [0.3, 0.4) is 0 Å². The highest BCUT2D eigenvalue weighted by Gasteiger charge is 2.22. The molecule has 7 heteroatoms. The molecule has 0 aliphatic heterocycles. The van der Waals surface area contributed by atoms with Gasteiger partial charge in [0, 0.05) is 30.0 Å². The van der Waals surface area contributed by atoms with Gasteiger partial charge in [0.15, 0.2) is 0 Å². The normalized spacial score (nSPS) is 12.3. The van der Waals surface area contributed by atoms with E-state index in [4.69, 9.17) is 11.6 Å². The molecule has 2 aromatic carbocycles. The quantitative estimate of drug-likeness (QED) is 0.644. The molecular formula is C21H22ClFN4O. The molecule has 1 amide bonds. The van der Waals surface area contributed by atoms with E-state index in [9.17, 15) is 9.18 Å². The zero-order valence-corrected chi connectivity index (χ0v) is 16.6. The number of aromatic nitrogens is 2. The van der Waals surface area contributed by atoms with Gasteiger partial charge in [0.25, 0.3) is 5.91 Å². The fourth-order valence-electron chi connectivity index (χ4n) is 3.34. The minimum Gasteiger partial charge on any atom is -0.350 e. The van der Waals surface area contributed by atoms with Crippen molar-refractivity contribution in [2.24, 2.45) is 0 Å². The molecular weight excluding hydrogens is 379 g/mol. The summed E-state index contributed by atoms with van der Waals surface area (Å²) in [5, 5.41) is 3.57. The predicted molar refractivity (Wildman–Crippen MR) is 109 cm³/mol. The van der Waals surface area contributed by atoms with Gasteiger partial charge in [-0.1, -0.05) is 43.6 Å². The van der Waals surface area contributed by atoms with Gasteiger partial charge >= 0.3 is 0 Å². The Balaban J connectivity index is 1.88. The van der Waals surface area contributed by atoms with E-state index in [2.05, 4.69) is 34.0 Å². The van der Waals surface area contributed by atoms with E-state index in [1.54, 1.807) is 0 Å². The number of hydrogen-bond acceptors (Lipinski definition) is 4. The maximum atomic E-state index is 13.9. The number of rotatable bonds is 7. The van der Waals surface area contributed by atoms with E-state index in [1.807, 2.05) is 24.3 Å². The summed E-state index contributed by atoms with van der Waals surface area (Å²) in [4.78, 5) is 23.3. The van der Waals surface area contributed by atoms with Crippen molar-refractivity contribution in [1.29, 1.82) is 0 Å². The molecule has 0 radical (unpaired) electrons. The molecule has 0 spiro atoms. The maximum absolute atomic E-state index is 13.9. The van der Waals surface area contributed by atoms with Gasteiger partial charge in [-0.25, -0.2) is 4.39 Å². The number of fused-ring (bicyclic) bond motifs is 1. The lowest BCUT2D eigenvalue weighted by atomic mass is 10.0. The number of halogens is 2.